The van der Waals surface area contributed by atoms with Gasteiger partial charge in [0.05, 0.1) is 44.2 Å². The Hall–Kier alpha value is -1.56. The van der Waals surface area contributed by atoms with E-state index in [-0.39, 0.29) is 23.5 Å². The molecular formula is C23H26ClN2O3+. The molecule has 1 saturated carbocycles. The van der Waals surface area contributed by atoms with Crippen molar-refractivity contribution in [2.45, 2.75) is 42.9 Å². The SMILES string of the molecule is COc1ccc2c(c1)[C@@]13CC[N+]4(CCl)CC5=CCO[C@H]6CC(=O)N2[C@H]1[C@H]6[C@H]5C[C@@H]34. The Balaban J connectivity index is 1.54. The van der Waals surface area contributed by atoms with E-state index >= 15 is 0 Å². The monoisotopic (exact) mass is 413 g/mol. The molecule has 7 atom stereocenters. The molecule has 4 fully saturated rings. The topological polar surface area (TPSA) is 38.8 Å². The highest BCUT2D eigenvalue weighted by atomic mass is 35.5. The number of fused-ring (bicyclic) bond motifs is 2. The Morgan fingerprint density at radius 3 is 3.14 bits per heavy atom. The molecule has 1 aromatic carbocycles. The highest BCUT2D eigenvalue weighted by Crippen LogP contribution is 2.67. The van der Waals surface area contributed by atoms with Crippen molar-refractivity contribution in [1.82, 2.24) is 0 Å². The fourth-order valence-corrected chi connectivity index (χ4v) is 8.66. The molecule has 0 aromatic heterocycles. The summed E-state index contributed by atoms with van der Waals surface area (Å²) in [5.74, 6) is 2.00. The van der Waals surface area contributed by atoms with Gasteiger partial charge in [0.2, 0.25) is 5.91 Å². The van der Waals surface area contributed by atoms with Crippen molar-refractivity contribution in [1.29, 1.82) is 0 Å². The Morgan fingerprint density at radius 1 is 1.41 bits per heavy atom. The van der Waals surface area contributed by atoms with Gasteiger partial charge in [0.1, 0.15) is 18.3 Å². The molecule has 1 spiro atoms. The number of hydrogen-bond donors (Lipinski definition) is 0. The zero-order valence-electron chi connectivity index (χ0n) is 16.6. The van der Waals surface area contributed by atoms with Gasteiger partial charge < -0.3 is 18.9 Å². The van der Waals surface area contributed by atoms with E-state index in [1.165, 1.54) is 11.1 Å². The summed E-state index contributed by atoms with van der Waals surface area (Å²) >= 11 is 6.72. The number of quaternary nitrogens is 1. The van der Waals surface area contributed by atoms with E-state index in [2.05, 4.69) is 23.1 Å². The Labute approximate surface area is 175 Å². The summed E-state index contributed by atoms with van der Waals surface area (Å²) in [5.41, 5.74) is 3.93. The molecule has 1 aliphatic carbocycles. The fraction of sp³-hybridized carbons (Fsp3) is 0.609. The summed E-state index contributed by atoms with van der Waals surface area (Å²) < 4.78 is 12.9. The molecule has 5 aliphatic heterocycles. The molecule has 152 valence electrons. The van der Waals surface area contributed by atoms with E-state index in [4.69, 9.17) is 21.1 Å². The van der Waals surface area contributed by atoms with E-state index in [0.29, 0.717) is 36.9 Å². The van der Waals surface area contributed by atoms with Crippen LogP contribution in [-0.4, -0.2) is 61.4 Å². The highest BCUT2D eigenvalue weighted by molar-refractivity contribution is 6.17. The summed E-state index contributed by atoms with van der Waals surface area (Å²) in [6.07, 6.45) is 5.10. The summed E-state index contributed by atoms with van der Waals surface area (Å²) in [6.45, 7) is 2.77. The van der Waals surface area contributed by atoms with Crippen molar-refractivity contribution in [3.05, 3.63) is 35.4 Å². The molecule has 1 amide bonds. The van der Waals surface area contributed by atoms with Crippen LogP contribution in [0, 0.1) is 11.8 Å². The lowest BCUT2D eigenvalue weighted by Gasteiger charge is -2.60. The van der Waals surface area contributed by atoms with Crippen LogP contribution < -0.4 is 9.64 Å². The minimum atomic E-state index is -0.0342. The van der Waals surface area contributed by atoms with Crippen LogP contribution in [-0.2, 0) is 14.9 Å². The van der Waals surface area contributed by atoms with Crippen LogP contribution in [0.5, 0.6) is 5.75 Å². The van der Waals surface area contributed by atoms with E-state index in [1.54, 1.807) is 7.11 Å². The molecule has 1 aromatic rings. The molecule has 0 N–H and O–H groups in total. The number of benzene rings is 1. The predicted octanol–water partition coefficient (Wildman–Crippen LogP) is 2.81. The quantitative estimate of drug-likeness (QED) is 0.324. The molecule has 6 heteroatoms. The van der Waals surface area contributed by atoms with Crippen molar-refractivity contribution in [3.8, 4) is 5.75 Å². The van der Waals surface area contributed by atoms with E-state index in [0.717, 1.165) is 41.9 Å². The van der Waals surface area contributed by atoms with Crippen LogP contribution in [0.4, 0.5) is 5.69 Å². The number of piperidine rings is 2. The number of halogens is 1. The normalized spacial score (nSPS) is 45.6. The predicted molar refractivity (Wildman–Crippen MR) is 109 cm³/mol. The maximum atomic E-state index is 13.4. The Bertz CT molecular complexity index is 979. The smallest absolute Gasteiger partial charge is 0.229 e. The van der Waals surface area contributed by atoms with Crippen molar-refractivity contribution in [2.75, 3.05) is 37.7 Å². The van der Waals surface area contributed by atoms with Crippen LogP contribution in [0.1, 0.15) is 24.8 Å². The number of carbonyl (C=O) groups is 1. The molecule has 7 rings (SSSR count). The van der Waals surface area contributed by atoms with Gasteiger partial charge in [0.15, 0.2) is 6.00 Å². The van der Waals surface area contributed by atoms with Gasteiger partial charge in [-0.15, -0.1) is 0 Å². The molecule has 5 heterocycles. The average Bonchev–Trinajstić information content (AvgIpc) is 3.18. The third-order valence-electron chi connectivity index (χ3n) is 9.25. The lowest BCUT2D eigenvalue weighted by molar-refractivity contribution is -0.933. The number of alkyl halides is 1. The second-order valence-electron chi connectivity index (χ2n) is 9.89. The average molecular weight is 414 g/mol. The molecule has 3 saturated heterocycles. The second-order valence-corrected chi connectivity index (χ2v) is 10.1. The zero-order chi connectivity index (χ0) is 19.5. The number of hydrogen-bond acceptors (Lipinski definition) is 3. The number of rotatable bonds is 2. The second kappa shape index (κ2) is 5.37. The van der Waals surface area contributed by atoms with Crippen molar-refractivity contribution >= 4 is 23.2 Å². The summed E-state index contributed by atoms with van der Waals surface area (Å²) in [5, 5.41) is 0. The van der Waals surface area contributed by atoms with Gasteiger partial charge in [-0.2, -0.15) is 0 Å². The third kappa shape index (κ3) is 1.77. The first-order valence-electron chi connectivity index (χ1n) is 10.9. The highest BCUT2D eigenvalue weighted by Gasteiger charge is 2.75. The lowest BCUT2D eigenvalue weighted by atomic mass is 9.53. The van der Waals surface area contributed by atoms with Crippen molar-refractivity contribution in [2.24, 2.45) is 11.8 Å². The molecule has 2 bridgehead atoms. The van der Waals surface area contributed by atoms with E-state index in [1.807, 2.05) is 6.07 Å². The van der Waals surface area contributed by atoms with Crippen LogP contribution in [0.15, 0.2) is 29.8 Å². The summed E-state index contributed by atoms with van der Waals surface area (Å²) in [7, 11) is 1.73. The van der Waals surface area contributed by atoms with Gasteiger partial charge in [-0.25, -0.2) is 0 Å². The van der Waals surface area contributed by atoms with Gasteiger partial charge in [-0.05, 0) is 35.3 Å². The fourth-order valence-electron chi connectivity index (χ4n) is 8.29. The van der Waals surface area contributed by atoms with Gasteiger partial charge in [0.25, 0.3) is 0 Å². The van der Waals surface area contributed by atoms with Gasteiger partial charge in [0, 0.05) is 24.4 Å². The first-order chi connectivity index (χ1) is 14.1. The van der Waals surface area contributed by atoms with Gasteiger partial charge in [-0.1, -0.05) is 17.7 Å². The minimum Gasteiger partial charge on any atom is -0.497 e. The number of amides is 1. The van der Waals surface area contributed by atoms with E-state index in [9.17, 15) is 4.79 Å². The van der Waals surface area contributed by atoms with Crippen molar-refractivity contribution in [3.63, 3.8) is 0 Å². The number of anilines is 1. The Kier molecular flexibility index (Phi) is 3.18. The molecular weight excluding hydrogens is 388 g/mol. The maximum Gasteiger partial charge on any atom is 0.229 e. The maximum absolute atomic E-state index is 13.4. The number of nitrogens with zero attached hydrogens (tertiary/aromatic N) is 2. The standard InChI is InChI=1S/C23H26ClN2O3/c1-28-14-2-3-17-16(8-14)23-5-6-26(12-24)11-13-4-7-29-18-10-20(27)25(17)22(23)21(18)15(13)9-19(23)26/h2-4,8,15,18-19,21-22H,5-7,9-12H2,1H3/q+1/t15-,18-,19-,21-,22-,23+,26?/m0/s1. The minimum absolute atomic E-state index is 0.0342. The molecule has 5 nitrogen and oxygen atoms in total. The largest absolute Gasteiger partial charge is 0.497 e. The first-order valence-corrected chi connectivity index (χ1v) is 11.4. The number of ether oxygens (including phenoxy) is 2. The number of carbonyl (C=O) groups excluding carboxylic acids is 1. The van der Waals surface area contributed by atoms with Crippen LogP contribution in [0.3, 0.4) is 0 Å². The van der Waals surface area contributed by atoms with Crippen LogP contribution in [0.2, 0.25) is 0 Å². The molecule has 6 aliphatic rings. The van der Waals surface area contributed by atoms with Crippen LogP contribution >= 0.6 is 11.6 Å². The van der Waals surface area contributed by atoms with Crippen LogP contribution in [0.25, 0.3) is 0 Å². The van der Waals surface area contributed by atoms with Gasteiger partial charge >= 0.3 is 0 Å². The molecule has 29 heavy (non-hydrogen) atoms. The third-order valence-corrected chi connectivity index (χ3v) is 9.72. The zero-order valence-corrected chi connectivity index (χ0v) is 17.4. The molecule has 1 unspecified atom stereocenters. The molecule has 0 radical (unpaired) electrons. The van der Waals surface area contributed by atoms with Crippen molar-refractivity contribution < 1.29 is 18.8 Å². The Morgan fingerprint density at radius 2 is 2.31 bits per heavy atom. The summed E-state index contributed by atoms with van der Waals surface area (Å²) in [4.78, 5) is 15.6. The number of methoxy groups -OCH3 is 1. The summed E-state index contributed by atoms with van der Waals surface area (Å²) in [6, 6.07) is 7.63. The van der Waals surface area contributed by atoms with E-state index < -0.39 is 0 Å². The van der Waals surface area contributed by atoms with Gasteiger partial charge in [-0.3, -0.25) is 4.79 Å². The lowest BCUT2D eigenvalue weighted by Crippen LogP contribution is -2.72. The first kappa shape index (κ1) is 17.2.